The van der Waals surface area contributed by atoms with Crippen LogP contribution in [0.1, 0.15) is 66.2 Å². The van der Waals surface area contributed by atoms with E-state index in [4.69, 9.17) is 0 Å². The second kappa shape index (κ2) is 6.42. The van der Waals surface area contributed by atoms with Crippen LogP contribution in [-0.2, 0) is 5.11 Å². The quantitative estimate of drug-likeness (QED) is 0.530. The fraction of sp³-hybridized carbons (Fsp3) is 1.00. The van der Waals surface area contributed by atoms with Crippen LogP contribution >= 0.6 is 0 Å². The monoisotopic (exact) mass is 185 g/mol. The first-order valence-electron chi connectivity index (χ1n) is 5.68. The van der Waals surface area contributed by atoms with E-state index < -0.39 is 5.60 Å². The van der Waals surface area contributed by atoms with E-state index >= 15 is 0 Å². The SMILES string of the molecule is CCCCCCC(C)([O])CC(C)C. The van der Waals surface area contributed by atoms with Gasteiger partial charge in [0.05, 0.1) is 0 Å². The topological polar surface area (TPSA) is 19.9 Å². The van der Waals surface area contributed by atoms with Crippen molar-refractivity contribution in [2.45, 2.75) is 71.8 Å². The van der Waals surface area contributed by atoms with E-state index in [1.54, 1.807) is 0 Å². The maximum Gasteiger partial charge on any atom is 0.101 e. The highest BCUT2D eigenvalue weighted by Gasteiger charge is 2.23. The molecule has 0 amide bonds. The molecule has 0 saturated carbocycles. The Kier molecular flexibility index (Phi) is 6.40. The van der Waals surface area contributed by atoms with Crippen LogP contribution in [0.15, 0.2) is 0 Å². The van der Waals surface area contributed by atoms with Gasteiger partial charge in [0, 0.05) is 0 Å². The Labute approximate surface area is 83.5 Å². The summed E-state index contributed by atoms with van der Waals surface area (Å²) in [5.74, 6) is 0.536. The van der Waals surface area contributed by atoms with Crippen molar-refractivity contribution in [2.24, 2.45) is 5.92 Å². The Bertz CT molecular complexity index is 116. The molecule has 1 nitrogen and oxygen atoms in total. The zero-order chi connectivity index (χ0) is 10.3. The van der Waals surface area contributed by atoms with Gasteiger partial charge >= 0.3 is 0 Å². The molecule has 0 N–H and O–H groups in total. The van der Waals surface area contributed by atoms with Crippen molar-refractivity contribution < 1.29 is 5.11 Å². The summed E-state index contributed by atoms with van der Waals surface area (Å²) in [7, 11) is 0. The molecule has 0 aromatic rings. The summed E-state index contributed by atoms with van der Waals surface area (Å²) in [5, 5.41) is 11.9. The van der Waals surface area contributed by atoms with Gasteiger partial charge in [-0.25, -0.2) is 5.11 Å². The third-order valence-corrected chi connectivity index (χ3v) is 2.40. The van der Waals surface area contributed by atoms with E-state index in [2.05, 4.69) is 20.8 Å². The fourth-order valence-corrected chi connectivity index (χ4v) is 1.89. The summed E-state index contributed by atoms with van der Waals surface area (Å²) in [4.78, 5) is 0. The van der Waals surface area contributed by atoms with E-state index in [-0.39, 0.29) is 0 Å². The van der Waals surface area contributed by atoms with Crippen molar-refractivity contribution in [2.75, 3.05) is 0 Å². The molecule has 0 aromatic carbocycles. The molecule has 0 rings (SSSR count). The maximum atomic E-state index is 11.9. The second-order valence-electron chi connectivity index (χ2n) is 4.86. The van der Waals surface area contributed by atoms with Gasteiger partial charge in [0.2, 0.25) is 0 Å². The minimum Gasteiger partial charge on any atom is -0.230 e. The van der Waals surface area contributed by atoms with Crippen molar-refractivity contribution in [3.8, 4) is 0 Å². The number of hydrogen-bond acceptors (Lipinski definition) is 0. The molecule has 0 aliphatic carbocycles. The average Bonchev–Trinajstić information content (AvgIpc) is 1.95. The molecule has 79 valence electrons. The third-order valence-electron chi connectivity index (χ3n) is 2.40. The van der Waals surface area contributed by atoms with Gasteiger partial charge in [0.25, 0.3) is 0 Å². The zero-order valence-electron chi connectivity index (χ0n) is 9.73. The van der Waals surface area contributed by atoms with E-state index in [1.807, 2.05) is 6.92 Å². The summed E-state index contributed by atoms with van der Waals surface area (Å²) in [6.45, 7) is 8.31. The summed E-state index contributed by atoms with van der Waals surface area (Å²) in [6.07, 6.45) is 6.54. The van der Waals surface area contributed by atoms with Crippen molar-refractivity contribution in [1.29, 1.82) is 0 Å². The molecular formula is C12H25O. The van der Waals surface area contributed by atoms with Gasteiger partial charge in [-0.2, -0.15) is 0 Å². The largest absolute Gasteiger partial charge is 0.230 e. The lowest BCUT2D eigenvalue weighted by Gasteiger charge is -2.22. The Hall–Kier alpha value is -0.0400. The van der Waals surface area contributed by atoms with Gasteiger partial charge in [-0.3, -0.25) is 0 Å². The summed E-state index contributed by atoms with van der Waals surface area (Å²) < 4.78 is 0. The number of hydrogen-bond donors (Lipinski definition) is 0. The lowest BCUT2D eigenvalue weighted by molar-refractivity contribution is -0.0381. The Morgan fingerprint density at radius 1 is 1.15 bits per heavy atom. The molecule has 1 radical (unpaired) electrons. The fourth-order valence-electron chi connectivity index (χ4n) is 1.89. The van der Waals surface area contributed by atoms with Crippen molar-refractivity contribution in [3.05, 3.63) is 0 Å². The lowest BCUT2D eigenvalue weighted by Crippen LogP contribution is -2.24. The Morgan fingerprint density at radius 3 is 2.23 bits per heavy atom. The summed E-state index contributed by atoms with van der Waals surface area (Å²) in [6, 6.07) is 0. The molecule has 1 atom stereocenters. The van der Waals surface area contributed by atoms with E-state index in [0.717, 1.165) is 19.3 Å². The molecule has 1 heteroatoms. The normalized spacial score (nSPS) is 16.2. The zero-order valence-corrected chi connectivity index (χ0v) is 9.73. The Balaban J connectivity index is 3.50. The molecule has 0 bridgehead atoms. The highest BCUT2D eigenvalue weighted by molar-refractivity contribution is 4.73. The molecule has 0 aliphatic heterocycles. The smallest absolute Gasteiger partial charge is 0.101 e. The molecule has 0 aromatic heterocycles. The van der Waals surface area contributed by atoms with Crippen LogP contribution < -0.4 is 0 Å². The molecule has 0 aliphatic rings. The molecule has 0 fully saturated rings. The van der Waals surface area contributed by atoms with Crippen molar-refractivity contribution in [1.82, 2.24) is 0 Å². The van der Waals surface area contributed by atoms with Crippen LogP contribution in [-0.4, -0.2) is 5.60 Å². The highest BCUT2D eigenvalue weighted by atomic mass is 16.3. The van der Waals surface area contributed by atoms with Crippen LogP contribution in [0.3, 0.4) is 0 Å². The molecule has 0 spiro atoms. The van der Waals surface area contributed by atoms with E-state index in [9.17, 15) is 5.11 Å². The number of unbranched alkanes of at least 4 members (excludes halogenated alkanes) is 3. The van der Waals surface area contributed by atoms with Crippen LogP contribution in [0.5, 0.6) is 0 Å². The summed E-state index contributed by atoms with van der Waals surface area (Å²) in [5.41, 5.74) is -0.679. The molecule has 0 saturated heterocycles. The van der Waals surface area contributed by atoms with E-state index in [1.165, 1.54) is 19.3 Å². The highest BCUT2D eigenvalue weighted by Crippen LogP contribution is 2.23. The molecule has 1 unspecified atom stereocenters. The number of rotatable bonds is 7. The van der Waals surface area contributed by atoms with Crippen LogP contribution in [0, 0.1) is 5.92 Å². The van der Waals surface area contributed by atoms with Gasteiger partial charge in [0.1, 0.15) is 5.60 Å². The van der Waals surface area contributed by atoms with Gasteiger partial charge < -0.3 is 0 Å². The van der Waals surface area contributed by atoms with Gasteiger partial charge in [-0.1, -0.05) is 46.5 Å². The van der Waals surface area contributed by atoms with Gasteiger partial charge in [-0.05, 0) is 25.7 Å². The minimum atomic E-state index is -0.679. The first kappa shape index (κ1) is 13.0. The Morgan fingerprint density at radius 2 is 1.77 bits per heavy atom. The van der Waals surface area contributed by atoms with Crippen LogP contribution in [0.2, 0.25) is 0 Å². The first-order valence-corrected chi connectivity index (χ1v) is 5.68. The van der Waals surface area contributed by atoms with Crippen molar-refractivity contribution >= 4 is 0 Å². The predicted octanol–water partition coefficient (Wildman–Crippen LogP) is 4.19. The summed E-state index contributed by atoms with van der Waals surface area (Å²) >= 11 is 0. The molecule has 13 heavy (non-hydrogen) atoms. The maximum absolute atomic E-state index is 11.9. The first-order chi connectivity index (χ1) is 5.98. The average molecular weight is 185 g/mol. The van der Waals surface area contributed by atoms with Gasteiger partial charge in [0.15, 0.2) is 0 Å². The van der Waals surface area contributed by atoms with Crippen LogP contribution in [0.25, 0.3) is 0 Å². The third kappa shape index (κ3) is 8.29. The second-order valence-corrected chi connectivity index (χ2v) is 4.86. The molecular weight excluding hydrogens is 160 g/mol. The minimum absolute atomic E-state index is 0.536. The van der Waals surface area contributed by atoms with E-state index in [0.29, 0.717) is 5.92 Å². The van der Waals surface area contributed by atoms with Crippen LogP contribution in [0.4, 0.5) is 0 Å². The lowest BCUT2D eigenvalue weighted by atomic mass is 9.89. The van der Waals surface area contributed by atoms with Gasteiger partial charge in [-0.15, -0.1) is 0 Å². The molecule has 0 heterocycles. The predicted molar refractivity (Wildman–Crippen MR) is 57.3 cm³/mol. The standard InChI is InChI=1S/C12H25O/c1-5-6-7-8-9-12(4,13)10-11(2)3/h11H,5-10H2,1-4H3. The van der Waals surface area contributed by atoms with Crippen molar-refractivity contribution in [3.63, 3.8) is 0 Å².